The monoisotopic (exact) mass is 323 g/mol. The molecule has 0 atom stereocenters. The molecule has 94 valence electrons. The summed E-state index contributed by atoms with van der Waals surface area (Å²) in [6, 6.07) is 1.61. The molecule has 6 heteroatoms. The Hall–Kier alpha value is -0.490. The molecule has 1 aromatic rings. The van der Waals surface area contributed by atoms with Crippen molar-refractivity contribution in [1.82, 2.24) is 5.32 Å². The molecule has 0 aliphatic heterocycles. The minimum atomic E-state index is -2.55. The Bertz CT molecular complexity index is 411. The number of hydrogen-bond acceptors (Lipinski definition) is 2. The first-order chi connectivity index (χ1) is 7.96. The van der Waals surface area contributed by atoms with Crippen molar-refractivity contribution in [3.8, 4) is 0 Å². The van der Waals surface area contributed by atoms with Gasteiger partial charge in [0.1, 0.15) is 0 Å². The normalized spacial score (nSPS) is 20.2. The van der Waals surface area contributed by atoms with E-state index in [9.17, 15) is 13.6 Å². The molecule has 2 nitrogen and oxygen atoms in total. The van der Waals surface area contributed by atoms with E-state index in [0.717, 1.165) is 4.47 Å². The second kappa shape index (κ2) is 5.02. The van der Waals surface area contributed by atoms with Crippen LogP contribution in [0, 0.1) is 0 Å². The summed E-state index contributed by atoms with van der Waals surface area (Å²) in [5, 5.41) is 4.63. The van der Waals surface area contributed by atoms with Crippen molar-refractivity contribution in [1.29, 1.82) is 0 Å². The van der Waals surface area contributed by atoms with E-state index in [-0.39, 0.29) is 24.8 Å². The maximum Gasteiger partial charge on any atom is 0.261 e. The number of thiophene rings is 1. The molecule has 1 fully saturated rings. The van der Waals surface area contributed by atoms with Crippen molar-refractivity contribution in [3.05, 3.63) is 20.8 Å². The zero-order valence-corrected chi connectivity index (χ0v) is 11.4. The number of rotatable bonds is 2. The minimum Gasteiger partial charge on any atom is -0.349 e. The van der Waals surface area contributed by atoms with Crippen molar-refractivity contribution >= 4 is 33.2 Å². The van der Waals surface area contributed by atoms with E-state index in [1.165, 1.54) is 11.3 Å². The van der Waals surface area contributed by atoms with Crippen molar-refractivity contribution in [2.45, 2.75) is 37.6 Å². The Morgan fingerprint density at radius 1 is 1.47 bits per heavy atom. The SMILES string of the molecule is O=C(NC1CCC(F)(F)CC1)c1cc(Br)cs1. The van der Waals surface area contributed by atoms with Gasteiger partial charge in [-0.25, -0.2) is 8.78 Å². The van der Waals surface area contributed by atoms with Gasteiger partial charge in [-0.15, -0.1) is 11.3 Å². The van der Waals surface area contributed by atoms with Crippen LogP contribution in [0.15, 0.2) is 15.9 Å². The van der Waals surface area contributed by atoms with Crippen LogP contribution >= 0.6 is 27.3 Å². The third-order valence-corrected chi connectivity index (χ3v) is 4.53. The number of halogens is 3. The molecular formula is C11H12BrF2NOS. The van der Waals surface area contributed by atoms with E-state index >= 15 is 0 Å². The predicted molar refractivity (Wildman–Crippen MR) is 66.7 cm³/mol. The highest BCUT2D eigenvalue weighted by molar-refractivity contribution is 9.10. The van der Waals surface area contributed by atoms with E-state index < -0.39 is 5.92 Å². The molecule has 1 heterocycles. The Labute approximate surface area is 111 Å². The largest absolute Gasteiger partial charge is 0.349 e. The standard InChI is InChI=1S/C11H12BrF2NOS/c12-7-5-9(17-6-7)10(16)15-8-1-3-11(13,14)4-2-8/h5-6,8H,1-4H2,(H,15,16). The van der Waals surface area contributed by atoms with Gasteiger partial charge >= 0.3 is 0 Å². The lowest BCUT2D eigenvalue weighted by Crippen LogP contribution is -2.40. The van der Waals surface area contributed by atoms with Gasteiger partial charge in [-0.05, 0) is 34.8 Å². The summed E-state index contributed by atoms with van der Waals surface area (Å²) < 4.78 is 26.7. The van der Waals surface area contributed by atoms with Crippen LogP contribution in [0.25, 0.3) is 0 Å². The number of hydrogen-bond donors (Lipinski definition) is 1. The fourth-order valence-electron chi connectivity index (χ4n) is 1.87. The first-order valence-electron chi connectivity index (χ1n) is 5.39. The average molecular weight is 324 g/mol. The lowest BCUT2D eigenvalue weighted by atomic mass is 9.92. The van der Waals surface area contributed by atoms with Gasteiger partial charge in [0.25, 0.3) is 5.91 Å². The molecule has 1 aliphatic carbocycles. The first-order valence-corrected chi connectivity index (χ1v) is 7.06. The summed E-state index contributed by atoms with van der Waals surface area (Å²) in [4.78, 5) is 12.4. The summed E-state index contributed by atoms with van der Waals surface area (Å²) in [5.74, 6) is -2.72. The van der Waals surface area contributed by atoms with Gasteiger partial charge in [0, 0.05) is 28.7 Å². The summed E-state index contributed by atoms with van der Waals surface area (Å²) >= 11 is 4.61. The Balaban J connectivity index is 1.88. The molecule has 0 bridgehead atoms. The van der Waals surface area contributed by atoms with Crippen LogP contribution < -0.4 is 5.32 Å². The molecule has 1 saturated carbocycles. The third kappa shape index (κ3) is 3.48. The van der Waals surface area contributed by atoms with Crippen LogP contribution in [0.3, 0.4) is 0 Å². The van der Waals surface area contributed by atoms with Gasteiger partial charge in [-0.3, -0.25) is 4.79 Å². The van der Waals surface area contributed by atoms with Gasteiger partial charge < -0.3 is 5.32 Å². The highest BCUT2D eigenvalue weighted by atomic mass is 79.9. The number of carbonyl (C=O) groups excluding carboxylic acids is 1. The zero-order valence-electron chi connectivity index (χ0n) is 9.01. The van der Waals surface area contributed by atoms with E-state index in [1.54, 1.807) is 6.07 Å². The van der Waals surface area contributed by atoms with Gasteiger partial charge in [0.05, 0.1) is 4.88 Å². The summed E-state index contributed by atoms with van der Waals surface area (Å²) in [7, 11) is 0. The highest BCUT2D eigenvalue weighted by Crippen LogP contribution is 2.33. The van der Waals surface area contributed by atoms with Crippen molar-refractivity contribution in [2.75, 3.05) is 0 Å². The van der Waals surface area contributed by atoms with Gasteiger partial charge in [-0.1, -0.05) is 0 Å². The quantitative estimate of drug-likeness (QED) is 0.880. The van der Waals surface area contributed by atoms with Crippen LogP contribution in [0.5, 0.6) is 0 Å². The fourth-order valence-corrected chi connectivity index (χ4v) is 3.20. The average Bonchev–Trinajstić information content (AvgIpc) is 2.68. The lowest BCUT2D eigenvalue weighted by Gasteiger charge is -2.28. The topological polar surface area (TPSA) is 29.1 Å². The number of alkyl halides is 2. The fraction of sp³-hybridized carbons (Fsp3) is 0.545. The third-order valence-electron chi connectivity index (χ3n) is 2.84. The molecule has 0 unspecified atom stereocenters. The van der Waals surface area contributed by atoms with Crippen molar-refractivity contribution in [2.24, 2.45) is 0 Å². The molecule has 2 rings (SSSR count). The first kappa shape index (κ1) is 13.0. The second-order valence-electron chi connectivity index (χ2n) is 4.23. The van der Waals surface area contributed by atoms with Crippen LogP contribution in [0.1, 0.15) is 35.4 Å². The van der Waals surface area contributed by atoms with Gasteiger partial charge in [-0.2, -0.15) is 0 Å². The van der Waals surface area contributed by atoms with E-state index in [4.69, 9.17) is 0 Å². The molecule has 17 heavy (non-hydrogen) atoms. The molecule has 1 aliphatic rings. The summed E-state index contributed by atoms with van der Waals surface area (Å²) in [6.07, 6.45) is 0.439. The van der Waals surface area contributed by atoms with E-state index in [1.807, 2.05) is 5.38 Å². The van der Waals surface area contributed by atoms with E-state index in [2.05, 4.69) is 21.2 Å². The molecule has 1 amide bonds. The molecular weight excluding hydrogens is 312 g/mol. The molecule has 1 aromatic heterocycles. The minimum absolute atomic E-state index is 0.122. The molecule has 0 aromatic carbocycles. The van der Waals surface area contributed by atoms with Crippen LogP contribution in [0.2, 0.25) is 0 Å². The molecule has 0 radical (unpaired) electrons. The van der Waals surface area contributed by atoms with Crippen LogP contribution in [-0.4, -0.2) is 17.9 Å². The second-order valence-corrected chi connectivity index (χ2v) is 6.06. The predicted octanol–water partition coefficient (Wildman–Crippen LogP) is 3.82. The van der Waals surface area contributed by atoms with Gasteiger partial charge in [0.15, 0.2) is 0 Å². The van der Waals surface area contributed by atoms with Crippen LogP contribution in [0.4, 0.5) is 8.78 Å². The van der Waals surface area contributed by atoms with Crippen molar-refractivity contribution in [3.63, 3.8) is 0 Å². The summed E-state index contributed by atoms with van der Waals surface area (Å²) in [6.45, 7) is 0. The summed E-state index contributed by atoms with van der Waals surface area (Å²) in [5.41, 5.74) is 0. The Morgan fingerprint density at radius 3 is 2.65 bits per heavy atom. The Morgan fingerprint density at radius 2 is 2.12 bits per heavy atom. The van der Waals surface area contributed by atoms with E-state index in [0.29, 0.717) is 17.7 Å². The Kier molecular flexibility index (Phi) is 3.82. The maximum atomic E-state index is 12.9. The number of carbonyl (C=O) groups is 1. The highest BCUT2D eigenvalue weighted by Gasteiger charge is 2.35. The zero-order chi connectivity index (χ0) is 12.5. The van der Waals surface area contributed by atoms with Crippen LogP contribution in [-0.2, 0) is 0 Å². The molecule has 0 spiro atoms. The maximum absolute atomic E-state index is 12.9. The lowest BCUT2D eigenvalue weighted by molar-refractivity contribution is -0.0399. The van der Waals surface area contributed by atoms with Gasteiger partial charge in [0.2, 0.25) is 5.92 Å². The molecule has 0 saturated heterocycles. The number of amides is 1. The van der Waals surface area contributed by atoms with Crippen molar-refractivity contribution < 1.29 is 13.6 Å². The number of nitrogens with one attached hydrogen (secondary N) is 1. The smallest absolute Gasteiger partial charge is 0.261 e. The molecule has 1 N–H and O–H groups in total.